The first kappa shape index (κ1) is 14.0. The van der Waals surface area contributed by atoms with Crippen LogP contribution >= 0.6 is 0 Å². The second kappa shape index (κ2) is 4.58. The maximum absolute atomic E-state index is 6.03. The zero-order valence-electron chi connectivity index (χ0n) is 10.8. The van der Waals surface area contributed by atoms with Crippen LogP contribution in [0.5, 0.6) is 0 Å². The zero-order valence-corrected chi connectivity index (χ0v) is 13.2. The van der Waals surface area contributed by atoms with Gasteiger partial charge >= 0.3 is 0 Å². The van der Waals surface area contributed by atoms with E-state index in [0.717, 1.165) is 28.8 Å². The largest absolute Gasteiger partial charge is 0.420 e. The van der Waals surface area contributed by atoms with Gasteiger partial charge in [-0.3, -0.25) is 0 Å². The first-order chi connectivity index (χ1) is 8.50. The van der Waals surface area contributed by atoms with Gasteiger partial charge in [0.2, 0.25) is 0 Å². The summed E-state index contributed by atoms with van der Waals surface area (Å²) in [6, 6.07) is 6.87. The molecule has 0 bridgehead atoms. The first-order valence-electron chi connectivity index (χ1n) is 5.91. The molecule has 0 saturated heterocycles. The number of rotatable bonds is 0. The van der Waals surface area contributed by atoms with Crippen molar-refractivity contribution in [1.29, 1.82) is 0 Å². The Kier molecular flexibility index (Phi) is 3.37. The third kappa shape index (κ3) is 2.03. The summed E-state index contributed by atoms with van der Waals surface area (Å²) >= 11 is 0. The van der Waals surface area contributed by atoms with Crippen molar-refractivity contribution >= 4 is 11.5 Å². The van der Waals surface area contributed by atoms with Crippen molar-refractivity contribution in [2.24, 2.45) is 0 Å². The van der Waals surface area contributed by atoms with Crippen LogP contribution in [-0.4, -0.2) is 9.97 Å². The Hall–Kier alpha value is -1.45. The minimum atomic E-state index is -0.114. The van der Waals surface area contributed by atoms with Gasteiger partial charge in [0, 0.05) is 25.7 Å². The minimum absolute atomic E-state index is 0. The Balaban J connectivity index is 0.00000133. The van der Waals surface area contributed by atoms with E-state index >= 15 is 0 Å². The number of aromatic nitrogens is 2. The van der Waals surface area contributed by atoms with Crippen LogP contribution in [0.3, 0.4) is 0 Å². The molecule has 1 aromatic heterocycles. The molecule has 3 rings (SSSR count). The maximum Gasteiger partial charge on any atom is 0.131 e. The summed E-state index contributed by atoms with van der Waals surface area (Å²) in [6.45, 7) is 4.28. The summed E-state index contributed by atoms with van der Waals surface area (Å²) in [5.41, 5.74) is 16.7. The van der Waals surface area contributed by atoms with Crippen molar-refractivity contribution in [3.05, 3.63) is 35.7 Å². The van der Waals surface area contributed by atoms with Gasteiger partial charge in [-0.05, 0) is 5.41 Å². The maximum atomic E-state index is 6.03. The SMILES string of the molecule is CC1(C)Cc2c(N)[c-]ccc2-c2ncnc(N)c21.[Ir]. The van der Waals surface area contributed by atoms with Crippen molar-refractivity contribution in [3.8, 4) is 11.3 Å². The van der Waals surface area contributed by atoms with Gasteiger partial charge < -0.3 is 11.5 Å². The third-order valence-electron chi connectivity index (χ3n) is 3.57. The molecule has 0 amide bonds. The second-order valence-corrected chi connectivity index (χ2v) is 5.33. The van der Waals surface area contributed by atoms with Crippen molar-refractivity contribution in [2.45, 2.75) is 25.7 Å². The quantitative estimate of drug-likeness (QED) is 0.494. The Morgan fingerprint density at radius 3 is 2.74 bits per heavy atom. The van der Waals surface area contributed by atoms with E-state index in [1.54, 1.807) is 0 Å². The van der Waals surface area contributed by atoms with E-state index < -0.39 is 0 Å². The van der Waals surface area contributed by atoms with Gasteiger partial charge in [0.05, 0.1) is 5.69 Å². The van der Waals surface area contributed by atoms with E-state index in [4.69, 9.17) is 11.5 Å². The standard InChI is InChI=1S/C14H15N4.Ir/c1-14(2)6-9-8(4-3-5-10(9)15)12-11(14)13(16)18-7-17-12;/h3-4,7H,6,15H2,1-2H3,(H2,16,17,18);/q-1;. The van der Waals surface area contributed by atoms with Gasteiger partial charge in [0.1, 0.15) is 12.1 Å². The molecule has 0 spiro atoms. The molecule has 1 aliphatic rings. The Morgan fingerprint density at radius 1 is 1.26 bits per heavy atom. The molecule has 0 fully saturated rings. The molecule has 2 aromatic rings. The number of benzene rings is 1. The van der Waals surface area contributed by atoms with Gasteiger partial charge in [-0.2, -0.15) is 18.2 Å². The number of fused-ring (bicyclic) bond motifs is 3. The molecule has 0 atom stereocenters. The van der Waals surface area contributed by atoms with Gasteiger partial charge in [-0.1, -0.05) is 26.0 Å². The van der Waals surface area contributed by atoms with Gasteiger partial charge in [0.25, 0.3) is 0 Å². The predicted molar refractivity (Wildman–Crippen MR) is 71.9 cm³/mol. The fraction of sp³-hybridized carbons (Fsp3) is 0.286. The normalized spacial score (nSPS) is 15.1. The smallest absolute Gasteiger partial charge is 0.131 e. The summed E-state index contributed by atoms with van der Waals surface area (Å²) in [4.78, 5) is 8.51. The summed E-state index contributed by atoms with van der Waals surface area (Å²) in [5.74, 6) is 0.557. The van der Waals surface area contributed by atoms with Crippen molar-refractivity contribution in [1.82, 2.24) is 9.97 Å². The van der Waals surface area contributed by atoms with E-state index in [0.29, 0.717) is 11.5 Å². The summed E-state index contributed by atoms with van der Waals surface area (Å²) in [6.07, 6.45) is 2.34. The first-order valence-corrected chi connectivity index (χ1v) is 5.91. The van der Waals surface area contributed by atoms with Gasteiger partial charge in [0.15, 0.2) is 0 Å². The van der Waals surface area contributed by atoms with E-state index in [9.17, 15) is 0 Å². The van der Waals surface area contributed by atoms with Gasteiger partial charge in [-0.25, -0.2) is 9.97 Å². The van der Waals surface area contributed by atoms with Crippen molar-refractivity contribution in [2.75, 3.05) is 11.5 Å². The number of hydrogen-bond acceptors (Lipinski definition) is 4. The van der Waals surface area contributed by atoms with E-state index in [1.807, 2.05) is 12.1 Å². The number of anilines is 2. The summed E-state index contributed by atoms with van der Waals surface area (Å²) in [7, 11) is 0. The van der Waals surface area contributed by atoms with Crippen LogP contribution in [0.2, 0.25) is 0 Å². The average molecular weight is 432 g/mol. The van der Waals surface area contributed by atoms with Crippen LogP contribution in [0.15, 0.2) is 18.5 Å². The number of nitrogens with zero attached hydrogens (tertiary/aromatic N) is 2. The van der Waals surface area contributed by atoms with Crippen LogP contribution < -0.4 is 11.5 Å². The molecule has 1 aromatic carbocycles. The van der Waals surface area contributed by atoms with Crippen molar-refractivity contribution < 1.29 is 20.1 Å². The molecule has 0 aliphatic heterocycles. The van der Waals surface area contributed by atoms with Crippen LogP contribution in [0.1, 0.15) is 25.0 Å². The number of hydrogen-bond donors (Lipinski definition) is 2. The number of nitrogens with two attached hydrogens (primary N) is 2. The summed E-state index contributed by atoms with van der Waals surface area (Å²) in [5, 5.41) is 0. The molecule has 1 aliphatic carbocycles. The molecule has 0 saturated carbocycles. The molecule has 1 heterocycles. The van der Waals surface area contributed by atoms with E-state index in [1.165, 1.54) is 6.33 Å². The van der Waals surface area contributed by atoms with Crippen LogP contribution in [0.4, 0.5) is 11.5 Å². The average Bonchev–Trinajstić information content (AvgIpc) is 2.30. The third-order valence-corrected chi connectivity index (χ3v) is 3.57. The molecule has 4 nitrogen and oxygen atoms in total. The molecule has 5 heteroatoms. The molecule has 101 valence electrons. The zero-order chi connectivity index (χ0) is 12.9. The number of nitrogen functional groups attached to an aromatic ring is 2. The fourth-order valence-electron chi connectivity index (χ4n) is 2.76. The van der Waals surface area contributed by atoms with Crippen molar-refractivity contribution in [3.63, 3.8) is 0 Å². The van der Waals surface area contributed by atoms with Crippen LogP contribution in [-0.2, 0) is 31.9 Å². The van der Waals surface area contributed by atoms with Crippen LogP contribution in [0, 0.1) is 6.07 Å². The molecular weight excluding hydrogens is 416 g/mol. The second-order valence-electron chi connectivity index (χ2n) is 5.33. The molecule has 0 unspecified atom stereocenters. The summed E-state index contributed by atoms with van der Waals surface area (Å²) < 4.78 is 0. The predicted octanol–water partition coefficient (Wildman–Crippen LogP) is 1.94. The molecule has 19 heavy (non-hydrogen) atoms. The Morgan fingerprint density at radius 2 is 2.00 bits per heavy atom. The molecule has 4 N–H and O–H groups in total. The van der Waals surface area contributed by atoms with E-state index in [2.05, 4.69) is 29.9 Å². The topological polar surface area (TPSA) is 77.8 Å². The van der Waals surface area contributed by atoms with E-state index in [-0.39, 0.29) is 25.5 Å². The van der Waals surface area contributed by atoms with Gasteiger partial charge in [-0.15, -0.1) is 11.1 Å². The molecular formula is C14H15IrN4-. The minimum Gasteiger partial charge on any atom is -0.420 e. The fourth-order valence-corrected chi connectivity index (χ4v) is 2.76. The monoisotopic (exact) mass is 432 g/mol. The Labute approximate surface area is 126 Å². The molecule has 1 radical (unpaired) electrons. The van der Waals surface area contributed by atoms with Crippen LogP contribution in [0.25, 0.3) is 11.3 Å². The Bertz CT molecular complexity index is 637.